The van der Waals surface area contributed by atoms with E-state index in [1.54, 1.807) is 0 Å². The lowest BCUT2D eigenvalue weighted by molar-refractivity contribution is 0.191. The van der Waals surface area contributed by atoms with Gasteiger partial charge in [0.2, 0.25) is 0 Å². The standard InChI is InChI=1S/C14H12Br2ClNO/c15-10-3-1-2-9(6-10)14(19)8-18-13-7-11(17)4-5-12(13)16/h1-7,14,18-19H,8H2. The maximum absolute atomic E-state index is 10.1. The van der Waals surface area contributed by atoms with Crippen LogP contribution in [0.25, 0.3) is 0 Å². The quantitative estimate of drug-likeness (QED) is 0.749. The molecule has 0 amide bonds. The van der Waals surface area contributed by atoms with Gasteiger partial charge in [-0.25, -0.2) is 0 Å². The SMILES string of the molecule is OC(CNc1cc(Cl)ccc1Br)c1cccc(Br)c1. The lowest BCUT2D eigenvalue weighted by Crippen LogP contribution is -2.12. The van der Waals surface area contributed by atoms with E-state index in [1.807, 2.05) is 42.5 Å². The first-order valence-electron chi connectivity index (χ1n) is 5.69. The minimum Gasteiger partial charge on any atom is -0.387 e. The zero-order valence-corrected chi connectivity index (χ0v) is 13.8. The summed E-state index contributed by atoms with van der Waals surface area (Å²) in [7, 11) is 0. The van der Waals surface area contributed by atoms with Gasteiger partial charge >= 0.3 is 0 Å². The van der Waals surface area contributed by atoms with Crippen molar-refractivity contribution in [3.05, 3.63) is 62.0 Å². The van der Waals surface area contributed by atoms with Gasteiger partial charge in [0.15, 0.2) is 0 Å². The topological polar surface area (TPSA) is 32.3 Å². The molecule has 0 spiro atoms. The number of nitrogens with one attached hydrogen (secondary N) is 1. The first-order chi connectivity index (χ1) is 9.06. The molecule has 2 nitrogen and oxygen atoms in total. The summed E-state index contributed by atoms with van der Waals surface area (Å²) >= 11 is 12.8. The summed E-state index contributed by atoms with van der Waals surface area (Å²) in [6.07, 6.45) is -0.580. The number of aliphatic hydroxyl groups is 1. The molecule has 0 fully saturated rings. The Balaban J connectivity index is 2.04. The van der Waals surface area contributed by atoms with Crippen molar-refractivity contribution >= 4 is 49.1 Å². The second-order valence-corrected chi connectivity index (χ2v) is 6.28. The summed E-state index contributed by atoms with van der Waals surface area (Å²) in [6, 6.07) is 13.1. The van der Waals surface area contributed by atoms with Crippen molar-refractivity contribution in [2.24, 2.45) is 0 Å². The first-order valence-corrected chi connectivity index (χ1v) is 7.65. The molecular weight excluding hydrogens is 393 g/mol. The predicted molar refractivity (Wildman–Crippen MR) is 86.7 cm³/mol. The van der Waals surface area contributed by atoms with Crippen LogP contribution in [-0.2, 0) is 0 Å². The van der Waals surface area contributed by atoms with E-state index in [0.717, 1.165) is 20.2 Å². The summed E-state index contributed by atoms with van der Waals surface area (Å²) in [5, 5.41) is 14.0. The van der Waals surface area contributed by atoms with Gasteiger partial charge in [0.05, 0.1) is 11.8 Å². The summed E-state index contributed by atoms with van der Waals surface area (Å²) in [5.74, 6) is 0. The largest absolute Gasteiger partial charge is 0.387 e. The highest BCUT2D eigenvalue weighted by molar-refractivity contribution is 9.10. The third kappa shape index (κ3) is 4.21. The number of aliphatic hydroxyl groups excluding tert-OH is 1. The Morgan fingerprint density at radius 1 is 1.16 bits per heavy atom. The molecule has 0 saturated carbocycles. The van der Waals surface area contributed by atoms with Crippen molar-refractivity contribution in [1.29, 1.82) is 0 Å². The average molecular weight is 406 g/mol. The van der Waals surface area contributed by atoms with Gasteiger partial charge < -0.3 is 10.4 Å². The fourth-order valence-corrected chi connectivity index (χ4v) is 2.65. The molecule has 0 saturated heterocycles. The molecule has 0 radical (unpaired) electrons. The lowest BCUT2D eigenvalue weighted by Gasteiger charge is -2.14. The Kier molecular flexibility index (Phi) is 5.28. The second kappa shape index (κ2) is 6.75. The normalized spacial score (nSPS) is 12.2. The summed E-state index contributed by atoms with van der Waals surface area (Å²) in [6.45, 7) is 0.412. The number of hydrogen-bond acceptors (Lipinski definition) is 2. The number of rotatable bonds is 4. The molecule has 0 bridgehead atoms. The summed E-state index contributed by atoms with van der Waals surface area (Å²) in [5.41, 5.74) is 1.72. The maximum Gasteiger partial charge on any atom is 0.0962 e. The van der Waals surface area contributed by atoms with Crippen LogP contribution in [0.5, 0.6) is 0 Å². The zero-order valence-electron chi connectivity index (χ0n) is 9.91. The molecule has 2 N–H and O–H groups in total. The molecule has 0 aliphatic rings. The molecule has 0 heterocycles. The fraction of sp³-hybridized carbons (Fsp3) is 0.143. The molecule has 2 rings (SSSR count). The fourth-order valence-electron chi connectivity index (χ4n) is 1.67. The van der Waals surface area contributed by atoms with Crippen molar-refractivity contribution in [3.63, 3.8) is 0 Å². The van der Waals surface area contributed by atoms with E-state index in [2.05, 4.69) is 37.2 Å². The van der Waals surface area contributed by atoms with Crippen molar-refractivity contribution in [1.82, 2.24) is 0 Å². The molecule has 0 aliphatic heterocycles. The molecule has 100 valence electrons. The summed E-state index contributed by atoms with van der Waals surface area (Å²) in [4.78, 5) is 0. The smallest absolute Gasteiger partial charge is 0.0962 e. The van der Waals surface area contributed by atoms with Crippen LogP contribution in [0.2, 0.25) is 5.02 Å². The van der Waals surface area contributed by atoms with Gasteiger partial charge in [-0.3, -0.25) is 0 Å². The van der Waals surface area contributed by atoms with Gasteiger partial charge in [0, 0.05) is 20.5 Å². The molecule has 1 atom stereocenters. The Labute approximate surface area is 134 Å². The van der Waals surface area contributed by atoms with E-state index in [4.69, 9.17) is 11.6 Å². The molecule has 5 heteroatoms. The highest BCUT2D eigenvalue weighted by Crippen LogP contribution is 2.27. The molecule has 0 aliphatic carbocycles. The summed E-state index contributed by atoms with van der Waals surface area (Å²) < 4.78 is 1.87. The van der Waals surface area contributed by atoms with Gasteiger partial charge in [-0.1, -0.05) is 39.7 Å². The van der Waals surface area contributed by atoms with Crippen molar-refractivity contribution in [3.8, 4) is 0 Å². The number of hydrogen-bond donors (Lipinski definition) is 2. The van der Waals surface area contributed by atoms with Crippen LogP contribution in [0.1, 0.15) is 11.7 Å². The van der Waals surface area contributed by atoms with Gasteiger partial charge in [0.25, 0.3) is 0 Å². The third-order valence-electron chi connectivity index (χ3n) is 2.65. The monoisotopic (exact) mass is 403 g/mol. The maximum atomic E-state index is 10.1. The predicted octanol–water partition coefficient (Wildman–Crippen LogP) is 5.01. The third-order valence-corrected chi connectivity index (χ3v) is 4.07. The number of anilines is 1. The van der Waals surface area contributed by atoms with E-state index < -0.39 is 6.10 Å². The lowest BCUT2D eigenvalue weighted by atomic mass is 10.1. The highest BCUT2D eigenvalue weighted by Gasteiger charge is 2.09. The molecule has 19 heavy (non-hydrogen) atoms. The van der Waals surface area contributed by atoms with Crippen LogP contribution in [0.15, 0.2) is 51.4 Å². The second-order valence-electron chi connectivity index (χ2n) is 4.08. The van der Waals surface area contributed by atoms with Crippen molar-refractivity contribution in [2.45, 2.75) is 6.10 Å². The molecular formula is C14H12Br2ClNO. The molecule has 1 unspecified atom stereocenters. The van der Waals surface area contributed by atoms with Crippen molar-refractivity contribution < 1.29 is 5.11 Å². The molecule has 2 aromatic carbocycles. The van der Waals surface area contributed by atoms with E-state index in [1.165, 1.54) is 0 Å². The molecule has 2 aromatic rings. The van der Waals surface area contributed by atoms with E-state index in [0.29, 0.717) is 11.6 Å². The minimum absolute atomic E-state index is 0.412. The van der Waals surface area contributed by atoms with Crippen LogP contribution < -0.4 is 5.32 Å². The van der Waals surface area contributed by atoms with Crippen LogP contribution in [0, 0.1) is 0 Å². The highest BCUT2D eigenvalue weighted by atomic mass is 79.9. The zero-order chi connectivity index (χ0) is 13.8. The van der Waals surface area contributed by atoms with Crippen LogP contribution in [-0.4, -0.2) is 11.7 Å². The van der Waals surface area contributed by atoms with Gasteiger partial charge in [-0.15, -0.1) is 0 Å². The Morgan fingerprint density at radius 3 is 2.68 bits per heavy atom. The average Bonchev–Trinajstić information content (AvgIpc) is 2.39. The van der Waals surface area contributed by atoms with Crippen LogP contribution in [0.4, 0.5) is 5.69 Å². The van der Waals surface area contributed by atoms with Crippen LogP contribution in [0.3, 0.4) is 0 Å². The van der Waals surface area contributed by atoms with Gasteiger partial charge in [0.1, 0.15) is 0 Å². The van der Waals surface area contributed by atoms with E-state index in [-0.39, 0.29) is 0 Å². The number of benzene rings is 2. The Hall–Kier alpha value is -0.550. The Morgan fingerprint density at radius 2 is 1.95 bits per heavy atom. The van der Waals surface area contributed by atoms with Crippen LogP contribution >= 0.6 is 43.5 Å². The van der Waals surface area contributed by atoms with Crippen molar-refractivity contribution in [2.75, 3.05) is 11.9 Å². The van der Waals surface area contributed by atoms with Gasteiger partial charge in [-0.05, 0) is 51.8 Å². The van der Waals surface area contributed by atoms with E-state index in [9.17, 15) is 5.11 Å². The van der Waals surface area contributed by atoms with Gasteiger partial charge in [-0.2, -0.15) is 0 Å². The first kappa shape index (κ1) is 14.9. The minimum atomic E-state index is -0.580. The van der Waals surface area contributed by atoms with E-state index >= 15 is 0 Å². The Bertz CT molecular complexity index is 577. The number of halogens is 3. The molecule has 0 aromatic heterocycles.